The van der Waals surface area contributed by atoms with Gasteiger partial charge in [-0.15, -0.1) is 0 Å². The summed E-state index contributed by atoms with van der Waals surface area (Å²) >= 11 is 0. The quantitative estimate of drug-likeness (QED) is 0.527. The molecule has 2 nitrogen and oxygen atoms in total. The van der Waals surface area contributed by atoms with Crippen LogP contribution in [0.4, 0.5) is 0 Å². The van der Waals surface area contributed by atoms with Crippen molar-refractivity contribution in [3.05, 3.63) is 18.4 Å². The molecule has 0 spiro atoms. The molecule has 2 heteroatoms. The van der Waals surface area contributed by atoms with E-state index in [0.29, 0.717) is 0 Å². The van der Waals surface area contributed by atoms with Gasteiger partial charge in [-0.2, -0.15) is 0 Å². The molecule has 0 radical (unpaired) electrons. The van der Waals surface area contributed by atoms with Gasteiger partial charge < -0.3 is 4.42 Å². The fourth-order valence-corrected chi connectivity index (χ4v) is 0.428. The summed E-state index contributed by atoms with van der Waals surface area (Å²) in [5, 5.41) is 0. The molecule has 0 aliphatic heterocycles. The second-order valence-electron chi connectivity index (χ2n) is 1.28. The van der Waals surface area contributed by atoms with E-state index in [1.807, 2.05) is 6.92 Å². The first-order valence-electron chi connectivity index (χ1n) is 2.32. The zero-order valence-corrected chi connectivity index (χ0v) is 4.22. The van der Waals surface area contributed by atoms with Gasteiger partial charge in [-0.1, -0.05) is 6.92 Å². The van der Waals surface area contributed by atoms with Crippen LogP contribution in [0.3, 0.4) is 0 Å². The lowest BCUT2D eigenvalue weighted by atomic mass is 10.5. The predicted octanol–water partition coefficient (Wildman–Crippen LogP) is 1.24. The van der Waals surface area contributed by atoms with Gasteiger partial charge in [0.05, 0.1) is 6.20 Å². The summed E-state index contributed by atoms with van der Waals surface area (Å²) in [7, 11) is 0. The maximum absolute atomic E-state index is 4.87. The first kappa shape index (κ1) is 4.37. The summed E-state index contributed by atoms with van der Waals surface area (Å²) in [6, 6.07) is 0. The van der Waals surface area contributed by atoms with Crippen LogP contribution in [0.1, 0.15) is 12.8 Å². The molecule has 0 saturated heterocycles. The van der Waals surface area contributed by atoms with Gasteiger partial charge in [0.15, 0.2) is 5.89 Å². The van der Waals surface area contributed by atoms with Crippen molar-refractivity contribution in [1.82, 2.24) is 4.98 Å². The third-order valence-corrected chi connectivity index (χ3v) is 0.786. The molecule has 0 bridgehead atoms. The van der Waals surface area contributed by atoms with Crippen LogP contribution in [0.2, 0.25) is 0 Å². The van der Waals surface area contributed by atoms with Crippen LogP contribution in [0.15, 0.2) is 16.9 Å². The van der Waals surface area contributed by atoms with Gasteiger partial charge in [-0.3, -0.25) is 0 Å². The van der Waals surface area contributed by atoms with E-state index < -0.39 is 0 Å². The van der Waals surface area contributed by atoms with Crippen molar-refractivity contribution in [2.45, 2.75) is 13.3 Å². The van der Waals surface area contributed by atoms with Crippen LogP contribution in [0, 0.1) is 0 Å². The summed E-state index contributed by atoms with van der Waals surface area (Å²) < 4.78 is 4.87. The Kier molecular flexibility index (Phi) is 1.11. The Labute approximate surface area is 42.2 Å². The highest BCUT2D eigenvalue weighted by molar-refractivity contribution is 4.76. The Morgan fingerprint density at radius 2 is 2.71 bits per heavy atom. The number of aryl methyl sites for hydroxylation is 1. The van der Waals surface area contributed by atoms with Crippen molar-refractivity contribution in [1.29, 1.82) is 0 Å². The molecule has 0 fully saturated rings. The lowest BCUT2D eigenvalue weighted by Crippen LogP contribution is -1.73. The summed E-state index contributed by atoms with van der Waals surface area (Å²) in [6.45, 7) is 2.01. The van der Waals surface area contributed by atoms with Crippen molar-refractivity contribution >= 4 is 0 Å². The van der Waals surface area contributed by atoms with Gasteiger partial charge in [-0.25, -0.2) is 4.98 Å². The molecule has 1 aromatic rings. The van der Waals surface area contributed by atoms with Crippen LogP contribution in [0.5, 0.6) is 0 Å². The molecule has 0 saturated carbocycles. The standard InChI is InChI=1S/C5H7NO/c1-2-5-6-3-4-7-5/h3-4H,2H2,1H3. The number of oxazole rings is 1. The van der Waals surface area contributed by atoms with Crippen molar-refractivity contribution in [2.24, 2.45) is 0 Å². The molecular weight excluding hydrogens is 90.1 g/mol. The summed E-state index contributed by atoms with van der Waals surface area (Å²) in [4.78, 5) is 3.87. The van der Waals surface area contributed by atoms with E-state index in [1.165, 1.54) is 0 Å². The Bertz CT molecular complexity index is 123. The zero-order chi connectivity index (χ0) is 5.11. The maximum atomic E-state index is 4.87. The molecular formula is C5H7NO. The highest BCUT2D eigenvalue weighted by Gasteiger charge is 1.86. The molecule has 1 aromatic heterocycles. The largest absolute Gasteiger partial charge is 0.449 e. The number of nitrogens with zero attached hydrogens (tertiary/aromatic N) is 1. The van der Waals surface area contributed by atoms with E-state index in [2.05, 4.69) is 4.98 Å². The molecule has 0 atom stereocenters. The Morgan fingerprint density at radius 1 is 1.86 bits per heavy atom. The normalized spacial score (nSPS) is 9.29. The van der Waals surface area contributed by atoms with Crippen LogP contribution >= 0.6 is 0 Å². The van der Waals surface area contributed by atoms with Gasteiger partial charge in [-0.05, 0) is 0 Å². The average Bonchev–Trinajstić information content (AvgIpc) is 2.14. The molecule has 0 N–H and O–H groups in total. The van der Waals surface area contributed by atoms with E-state index >= 15 is 0 Å². The molecule has 0 unspecified atom stereocenters. The average molecular weight is 97.1 g/mol. The minimum absolute atomic E-state index is 0.806. The fraction of sp³-hybridized carbons (Fsp3) is 0.400. The van der Waals surface area contributed by atoms with E-state index in [4.69, 9.17) is 4.42 Å². The number of aromatic nitrogens is 1. The smallest absolute Gasteiger partial charge is 0.193 e. The molecule has 1 heterocycles. The summed E-state index contributed by atoms with van der Waals surface area (Å²) in [5.41, 5.74) is 0. The summed E-state index contributed by atoms with van der Waals surface area (Å²) in [5.74, 6) is 0.806. The first-order valence-corrected chi connectivity index (χ1v) is 2.32. The van der Waals surface area contributed by atoms with E-state index in [0.717, 1.165) is 12.3 Å². The van der Waals surface area contributed by atoms with Gasteiger partial charge in [0.1, 0.15) is 6.26 Å². The van der Waals surface area contributed by atoms with Gasteiger partial charge >= 0.3 is 0 Å². The second kappa shape index (κ2) is 1.78. The monoisotopic (exact) mass is 97.1 g/mol. The van der Waals surface area contributed by atoms with Crippen LogP contribution in [0.25, 0.3) is 0 Å². The van der Waals surface area contributed by atoms with Gasteiger partial charge in [0, 0.05) is 6.42 Å². The topological polar surface area (TPSA) is 26.0 Å². The summed E-state index contributed by atoms with van der Waals surface area (Å²) in [6.07, 6.45) is 4.12. The van der Waals surface area contributed by atoms with Gasteiger partial charge in [0.25, 0.3) is 0 Å². The lowest BCUT2D eigenvalue weighted by Gasteiger charge is -1.77. The predicted molar refractivity (Wildman–Crippen MR) is 25.9 cm³/mol. The molecule has 0 aliphatic carbocycles. The molecule has 0 aromatic carbocycles. The lowest BCUT2D eigenvalue weighted by molar-refractivity contribution is 0.502. The SMILES string of the molecule is CCc1ncco1. The second-order valence-corrected chi connectivity index (χ2v) is 1.28. The van der Waals surface area contributed by atoms with E-state index in [1.54, 1.807) is 12.5 Å². The molecule has 0 aliphatic rings. The third-order valence-electron chi connectivity index (χ3n) is 0.786. The Balaban J connectivity index is 2.76. The zero-order valence-electron chi connectivity index (χ0n) is 4.22. The third kappa shape index (κ3) is 0.796. The maximum Gasteiger partial charge on any atom is 0.193 e. The molecule has 38 valence electrons. The molecule has 7 heavy (non-hydrogen) atoms. The number of hydrogen-bond acceptors (Lipinski definition) is 2. The Hall–Kier alpha value is -0.790. The van der Waals surface area contributed by atoms with Crippen LogP contribution in [-0.2, 0) is 6.42 Å². The number of hydrogen-bond donors (Lipinski definition) is 0. The first-order chi connectivity index (χ1) is 3.43. The molecule has 0 amide bonds. The fourth-order valence-electron chi connectivity index (χ4n) is 0.428. The highest BCUT2D eigenvalue weighted by atomic mass is 16.3. The van der Waals surface area contributed by atoms with Crippen LogP contribution < -0.4 is 0 Å². The van der Waals surface area contributed by atoms with Crippen molar-refractivity contribution in [3.8, 4) is 0 Å². The van der Waals surface area contributed by atoms with E-state index in [9.17, 15) is 0 Å². The van der Waals surface area contributed by atoms with Crippen LogP contribution in [-0.4, -0.2) is 4.98 Å². The molecule has 1 rings (SSSR count). The van der Waals surface area contributed by atoms with E-state index in [-0.39, 0.29) is 0 Å². The Morgan fingerprint density at radius 3 is 3.00 bits per heavy atom. The minimum atomic E-state index is 0.806. The van der Waals surface area contributed by atoms with Crippen molar-refractivity contribution < 1.29 is 4.42 Å². The van der Waals surface area contributed by atoms with Gasteiger partial charge in [0.2, 0.25) is 0 Å². The highest BCUT2D eigenvalue weighted by Crippen LogP contribution is 1.92. The van der Waals surface area contributed by atoms with Crippen molar-refractivity contribution in [2.75, 3.05) is 0 Å². The minimum Gasteiger partial charge on any atom is -0.449 e. The number of rotatable bonds is 1. The van der Waals surface area contributed by atoms with Crippen molar-refractivity contribution in [3.63, 3.8) is 0 Å².